The van der Waals surface area contributed by atoms with Crippen LogP contribution in [0.15, 0.2) is 36.7 Å². The molecule has 0 spiro atoms. The Bertz CT molecular complexity index is 721. The first-order valence-electron chi connectivity index (χ1n) is 8.26. The van der Waals surface area contributed by atoms with Crippen LogP contribution in [0.25, 0.3) is 0 Å². The minimum Gasteiger partial charge on any atom is -0.356 e. The topological polar surface area (TPSA) is 76.0 Å². The van der Waals surface area contributed by atoms with Gasteiger partial charge in [0.2, 0.25) is 5.91 Å². The molecule has 2 N–H and O–H groups in total. The zero-order valence-corrected chi connectivity index (χ0v) is 13.8. The number of carbonyl (C=O) groups excluding carboxylic acids is 2. The van der Waals surface area contributed by atoms with Crippen molar-refractivity contribution in [2.75, 3.05) is 6.54 Å². The van der Waals surface area contributed by atoms with Gasteiger partial charge in [0, 0.05) is 50.4 Å². The van der Waals surface area contributed by atoms with Crippen LogP contribution >= 0.6 is 0 Å². The van der Waals surface area contributed by atoms with Crippen molar-refractivity contribution in [2.24, 2.45) is 0 Å². The highest BCUT2D eigenvalue weighted by molar-refractivity contribution is 5.94. The number of nitrogens with zero attached hydrogens (tertiary/aromatic N) is 2. The minimum absolute atomic E-state index is 0.0282. The molecule has 6 nitrogen and oxygen atoms in total. The zero-order valence-electron chi connectivity index (χ0n) is 13.8. The number of rotatable bonds is 5. The fraction of sp³-hybridized carbons (Fsp3) is 0.389. The highest BCUT2D eigenvalue weighted by atomic mass is 16.2. The van der Waals surface area contributed by atoms with E-state index in [2.05, 4.69) is 20.2 Å². The third-order valence-corrected chi connectivity index (χ3v) is 4.27. The Morgan fingerprint density at radius 3 is 2.83 bits per heavy atom. The molecule has 2 heterocycles. The summed E-state index contributed by atoms with van der Waals surface area (Å²) < 4.78 is 2.10. The molecule has 1 aliphatic heterocycles. The molecule has 1 aromatic heterocycles. The highest BCUT2D eigenvalue weighted by Crippen LogP contribution is 2.14. The van der Waals surface area contributed by atoms with Crippen molar-refractivity contribution in [3.8, 4) is 0 Å². The van der Waals surface area contributed by atoms with E-state index in [1.165, 1.54) is 6.92 Å². The van der Waals surface area contributed by atoms with Gasteiger partial charge < -0.3 is 15.2 Å². The summed E-state index contributed by atoms with van der Waals surface area (Å²) in [7, 11) is 0. The molecule has 1 aliphatic rings. The number of aryl methyl sites for hydroxylation is 1. The standard InChI is InChI=1S/C18H22N4O2/c1-13(23)19-9-8-14-2-4-15(5-3-14)18(24)21-16-6-7-17-20-10-11-22(17)12-16/h2-5,10-11,16H,6-9,12H2,1H3,(H,19,23)(H,21,24). The summed E-state index contributed by atoms with van der Waals surface area (Å²) in [6.07, 6.45) is 6.32. The number of carbonyl (C=O) groups is 2. The van der Waals surface area contributed by atoms with Crippen LogP contribution in [0, 0.1) is 0 Å². The lowest BCUT2D eigenvalue weighted by Gasteiger charge is -2.24. The first-order chi connectivity index (χ1) is 11.6. The molecule has 0 bridgehead atoms. The first kappa shape index (κ1) is 16.2. The Labute approximate surface area is 141 Å². The fourth-order valence-electron chi connectivity index (χ4n) is 2.96. The Balaban J connectivity index is 1.53. The van der Waals surface area contributed by atoms with Gasteiger partial charge in [-0.2, -0.15) is 0 Å². The quantitative estimate of drug-likeness (QED) is 0.870. The van der Waals surface area contributed by atoms with Crippen molar-refractivity contribution in [1.29, 1.82) is 0 Å². The molecule has 0 fully saturated rings. The van der Waals surface area contributed by atoms with E-state index in [4.69, 9.17) is 0 Å². The summed E-state index contributed by atoms with van der Waals surface area (Å²) in [6.45, 7) is 2.89. The van der Waals surface area contributed by atoms with E-state index in [-0.39, 0.29) is 17.9 Å². The summed E-state index contributed by atoms with van der Waals surface area (Å²) in [5, 5.41) is 5.86. The maximum absolute atomic E-state index is 12.4. The van der Waals surface area contributed by atoms with Crippen molar-refractivity contribution in [3.05, 3.63) is 53.6 Å². The third kappa shape index (κ3) is 4.01. The molecule has 126 valence electrons. The third-order valence-electron chi connectivity index (χ3n) is 4.27. The van der Waals surface area contributed by atoms with E-state index in [1.54, 1.807) is 6.20 Å². The highest BCUT2D eigenvalue weighted by Gasteiger charge is 2.20. The summed E-state index contributed by atoms with van der Waals surface area (Å²) in [4.78, 5) is 27.5. The van der Waals surface area contributed by atoms with Crippen LogP contribution in [0.2, 0.25) is 0 Å². The summed E-state index contributed by atoms with van der Waals surface area (Å²) >= 11 is 0. The number of amides is 2. The molecule has 0 saturated heterocycles. The number of hydrogen-bond acceptors (Lipinski definition) is 3. The molecule has 0 aliphatic carbocycles. The lowest BCUT2D eigenvalue weighted by atomic mass is 10.1. The van der Waals surface area contributed by atoms with E-state index in [9.17, 15) is 9.59 Å². The number of nitrogens with one attached hydrogen (secondary N) is 2. The van der Waals surface area contributed by atoms with Crippen molar-refractivity contribution < 1.29 is 9.59 Å². The van der Waals surface area contributed by atoms with Gasteiger partial charge in [-0.15, -0.1) is 0 Å². The molecule has 6 heteroatoms. The minimum atomic E-state index is -0.0445. The van der Waals surface area contributed by atoms with Crippen LogP contribution in [0.5, 0.6) is 0 Å². The van der Waals surface area contributed by atoms with Crippen LogP contribution in [-0.2, 0) is 24.2 Å². The second kappa shape index (κ2) is 7.29. The summed E-state index contributed by atoms with van der Waals surface area (Å²) in [5.41, 5.74) is 1.76. The van der Waals surface area contributed by atoms with E-state index in [0.717, 1.165) is 37.2 Å². The molecule has 3 rings (SSSR count). The summed E-state index contributed by atoms with van der Waals surface area (Å²) in [6, 6.07) is 7.68. The molecular weight excluding hydrogens is 304 g/mol. The largest absolute Gasteiger partial charge is 0.356 e. The average Bonchev–Trinajstić information content (AvgIpc) is 3.03. The van der Waals surface area contributed by atoms with Gasteiger partial charge >= 0.3 is 0 Å². The van der Waals surface area contributed by atoms with Gasteiger partial charge in [0.15, 0.2) is 0 Å². The second-order valence-corrected chi connectivity index (χ2v) is 6.13. The molecule has 0 radical (unpaired) electrons. The first-order valence-corrected chi connectivity index (χ1v) is 8.26. The van der Waals surface area contributed by atoms with Gasteiger partial charge in [-0.25, -0.2) is 4.98 Å². The Morgan fingerprint density at radius 1 is 1.29 bits per heavy atom. The predicted octanol–water partition coefficient (Wildman–Crippen LogP) is 1.31. The monoisotopic (exact) mass is 326 g/mol. The number of aromatic nitrogens is 2. The molecule has 2 amide bonds. The van der Waals surface area contributed by atoms with Gasteiger partial charge in [-0.3, -0.25) is 9.59 Å². The van der Waals surface area contributed by atoms with E-state index in [1.807, 2.05) is 30.5 Å². The molecular formula is C18H22N4O2. The van der Waals surface area contributed by atoms with E-state index < -0.39 is 0 Å². The van der Waals surface area contributed by atoms with Gasteiger partial charge in [0.25, 0.3) is 5.91 Å². The van der Waals surface area contributed by atoms with Gasteiger partial charge in [0.05, 0.1) is 0 Å². The van der Waals surface area contributed by atoms with Crippen molar-refractivity contribution in [1.82, 2.24) is 20.2 Å². The second-order valence-electron chi connectivity index (χ2n) is 6.13. The van der Waals surface area contributed by atoms with Gasteiger partial charge in [0.1, 0.15) is 5.82 Å². The van der Waals surface area contributed by atoms with Crippen molar-refractivity contribution in [2.45, 2.75) is 38.8 Å². The lowest BCUT2D eigenvalue weighted by molar-refractivity contribution is -0.118. The molecule has 2 aromatic rings. The van der Waals surface area contributed by atoms with Crippen LogP contribution in [0.3, 0.4) is 0 Å². The Kier molecular flexibility index (Phi) is 4.93. The summed E-state index contributed by atoms with van der Waals surface area (Å²) in [5.74, 6) is 1.01. The average molecular weight is 326 g/mol. The molecule has 1 aromatic carbocycles. The van der Waals surface area contributed by atoms with Crippen LogP contribution in [0.1, 0.15) is 35.1 Å². The number of fused-ring (bicyclic) bond motifs is 1. The maximum Gasteiger partial charge on any atom is 0.251 e. The normalized spacial score (nSPS) is 16.3. The van der Waals surface area contributed by atoms with Crippen molar-refractivity contribution in [3.63, 3.8) is 0 Å². The van der Waals surface area contributed by atoms with Crippen LogP contribution in [-0.4, -0.2) is 34.0 Å². The van der Waals surface area contributed by atoms with E-state index in [0.29, 0.717) is 12.1 Å². The number of imidazole rings is 1. The Hall–Kier alpha value is -2.63. The Morgan fingerprint density at radius 2 is 2.08 bits per heavy atom. The molecule has 1 atom stereocenters. The lowest BCUT2D eigenvalue weighted by Crippen LogP contribution is -2.40. The SMILES string of the molecule is CC(=O)NCCc1ccc(C(=O)NC2CCc3nccn3C2)cc1. The number of hydrogen-bond donors (Lipinski definition) is 2. The van der Waals surface area contributed by atoms with E-state index >= 15 is 0 Å². The fourth-order valence-corrected chi connectivity index (χ4v) is 2.96. The van der Waals surface area contributed by atoms with Crippen LogP contribution in [0.4, 0.5) is 0 Å². The zero-order chi connectivity index (χ0) is 16.9. The molecule has 0 saturated carbocycles. The van der Waals surface area contributed by atoms with Gasteiger partial charge in [-0.1, -0.05) is 12.1 Å². The maximum atomic E-state index is 12.4. The smallest absolute Gasteiger partial charge is 0.251 e. The van der Waals surface area contributed by atoms with Crippen molar-refractivity contribution >= 4 is 11.8 Å². The van der Waals surface area contributed by atoms with Gasteiger partial charge in [-0.05, 0) is 30.5 Å². The van der Waals surface area contributed by atoms with Crippen LogP contribution < -0.4 is 10.6 Å². The predicted molar refractivity (Wildman–Crippen MR) is 90.6 cm³/mol. The molecule has 1 unspecified atom stereocenters. The molecule has 24 heavy (non-hydrogen) atoms. The number of benzene rings is 1.